The molecule has 0 N–H and O–H groups in total. The molecule has 0 fully saturated rings. The van der Waals surface area contributed by atoms with Gasteiger partial charge in [0.2, 0.25) is 0 Å². The van der Waals surface area contributed by atoms with E-state index in [2.05, 4.69) is 12.0 Å². The Morgan fingerprint density at radius 2 is 1.89 bits per heavy atom. The first-order chi connectivity index (χ1) is 13.6. The number of hydrogen-bond acceptors (Lipinski definition) is 3. The van der Waals surface area contributed by atoms with Gasteiger partial charge in [-0.25, -0.2) is 0 Å². The van der Waals surface area contributed by atoms with Crippen LogP contribution in [0.4, 0.5) is 0 Å². The molecular formula is C23H27N3O2. The number of likely N-dealkylation sites (N-methyl/N-ethyl adjacent to an activating group) is 1. The van der Waals surface area contributed by atoms with E-state index in [0.717, 1.165) is 29.0 Å². The summed E-state index contributed by atoms with van der Waals surface area (Å²) in [5.41, 5.74) is 3.95. The third kappa shape index (κ3) is 4.80. The first kappa shape index (κ1) is 19.7. The summed E-state index contributed by atoms with van der Waals surface area (Å²) in [6.07, 6.45) is 3.86. The van der Waals surface area contributed by atoms with Crippen LogP contribution in [0, 0.1) is 6.92 Å². The topological polar surface area (TPSA) is 47.4 Å². The molecule has 0 aliphatic heterocycles. The second-order valence-electron chi connectivity index (χ2n) is 6.71. The summed E-state index contributed by atoms with van der Waals surface area (Å²) in [4.78, 5) is 14.6. The number of rotatable bonds is 8. The summed E-state index contributed by atoms with van der Waals surface area (Å²) in [6.45, 7) is 8.57. The number of hydrogen-bond donors (Lipinski definition) is 0. The highest BCUT2D eigenvalue weighted by atomic mass is 16.5. The summed E-state index contributed by atoms with van der Waals surface area (Å²) < 4.78 is 7.68. The minimum atomic E-state index is 0.0196. The lowest BCUT2D eigenvalue weighted by Gasteiger charge is -2.21. The molecule has 3 aromatic rings. The molecule has 0 radical (unpaired) electrons. The van der Waals surface area contributed by atoms with Crippen LogP contribution in [0.2, 0.25) is 0 Å². The van der Waals surface area contributed by atoms with Crippen molar-refractivity contribution in [2.24, 2.45) is 0 Å². The van der Waals surface area contributed by atoms with Crippen molar-refractivity contribution in [3.63, 3.8) is 0 Å². The maximum atomic E-state index is 12.8. The van der Waals surface area contributed by atoms with Gasteiger partial charge in [-0.3, -0.25) is 9.48 Å². The highest BCUT2D eigenvalue weighted by Crippen LogP contribution is 2.20. The Morgan fingerprint density at radius 3 is 2.54 bits per heavy atom. The van der Waals surface area contributed by atoms with Crippen molar-refractivity contribution in [3.05, 3.63) is 72.1 Å². The minimum absolute atomic E-state index is 0.0196. The monoisotopic (exact) mass is 377 g/mol. The quantitative estimate of drug-likeness (QED) is 0.584. The average Bonchev–Trinajstić information content (AvgIpc) is 3.20. The highest BCUT2D eigenvalue weighted by Gasteiger charge is 2.14. The van der Waals surface area contributed by atoms with Crippen LogP contribution < -0.4 is 4.74 Å². The first-order valence-corrected chi connectivity index (χ1v) is 9.72. The van der Waals surface area contributed by atoms with E-state index >= 15 is 0 Å². The van der Waals surface area contributed by atoms with Gasteiger partial charge in [0.1, 0.15) is 12.4 Å². The lowest BCUT2D eigenvalue weighted by atomic mass is 10.1. The van der Waals surface area contributed by atoms with E-state index in [0.29, 0.717) is 25.3 Å². The highest BCUT2D eigenvalue weighted by molar-refractivity contribution is 5.94. The van der Waals surface area contributed by atoms with Crippen molar-refractivity contribution in [2.75, 3.05) is 19.7 Å². The SMILES string of the molecule is CCN(CCOc1cccc(C)c1)C(=O)c1ccc(-c2cnn(CC)c2)cc1. The summed E-state index contributed by atoms with van der Waals surface area (Å²) >= 11 is 0. The van der Waals surface area contributed by atoms with Gasteiger partial charge in [0.05, 0.1) is 12.7 Å². The van der Waals surface area contributed by atoms with Gasteiger partial charge in [-0.05, 0) is 56.2 Å². The molecule has 0 spiro atoms. The Bertz CT molecular complexity index is 916. The number of nitrogens with zero attached hydrogens (tertiary/aromatic N) is 3. The predicted molar refractivity (Wildman–Crippen MR) is 112 cm³/mol. The van der Waals surface area contributed by atoms with Gasteiger partial charge in [0.25, 0.3) is 5.91 Å². The molecule has 0 saturated heterocycles. The fourth-order valence-corrected chi connectivity index (χ4v) is 3.06. The van der Waals surface area contributed by atoms with E-state index in [1.54, 1.807) is 4.90 Å². The normalized spacial score (nSPS) is 10.7. The number of amides is 1. The zero-order chi connectivity index (χ0) is 19.9. The van der Waals surface area contributed by atoms with Crippen LogP contribution in [-0.4, -0.2) is 40.3 Å². The van der Waals surface area contributed by atoms with Crippen LogP contribution in [0.1, 0.15) is 29.8 Å². The van der Waals surface area contributed by atoms with Crippen molar-refractivity contribution >= 4 is 5.91 Å². The number of aryl methyl sites for hydroxylation is 2. The summed E-state index contributed by atoms with van der Waals surface area (Å²) in [6, 6.07) is 15.6. The minimum Gasteiger partial charge on any atom is -0.492 e. The van der Waals surface area contributed by atoms with Crippen LogP contribution in [0.15, 0.2) is 60.9 Å². The molecule has 1 heterocycles. The molecule has 1 aromatic heterocycles. The third-order valence-electron chi connectivity index (χ3n) is 4.71. The molecule has 0 atom stereocenters. The van der Waals surface area contributed by atoms with Gasteiger partial charge in [-0.1, -0.05) is 24.3 Å². The lowest BCUT2D eigenvalue weighted by Crippen LogP contribution is -2.34. The first-order valence-electron chi connectivity index (χ1n) is 9.72. The Kier molecular flexibility index (Phi) is 6.48. The van der Waals surface area contributed by atoms with Crippen molar-refractivity contribution in [2.45, 2.75) is 27.3 Å². The van der Waals surface area contributed by atoms with Crippen molar-refractivity contribution in [3.8, 4) is 16.9 Å². The zero-order valence-electron chi connectivity index (χ0n) is 16.8. The standard InChI is InChI=1S/C23H27N3O2/c1-4-25(13-14-28-22-8-6-7-18(3)15-22)23(27)20-11-9-19(10-12-20)21-16-24-26(5-2)17-21/h6-12,15-17H,4-5,13-14H2,1-3H3. The van der Waals surface area contributed by atoms with E-state index in [1.807, 2.05) is 79.5 Å². The van der Waals surface area contributed by atoms with Gasteiger partial charge >= 0.3 is 0 Å². The van der Waals surface area contributed by atoms with E-state index in [9.17, 15) is 4.79 Å². The van der Waals surface area contributed by atoms with Gasteiger partial charge in [0, 0.05) is 30.4 Å². The van der Waals surface area contributed by atoms with Crippen molar-refractivity contribution < 1.29 is 9.53 Å². The Morgan fingerprint density at radius 1 is 1.11 bits per heavy atom. The molecule has 5 heteroatoms. The summed E-state index contributed by atoms with van der Waals surface area (Å²) in [7, 11) is 0. The molecule has 0 bridgehead atoms. The molecule has 1 amide bonds. The molecule has 5 nitrogen and oxygen atoms in total. The molecule has 0 saturated carbocycles. The average molecular weight is 377 g/mol. The van der Waals surface area contributed by atoms with E-state index < -0.39 is 0 Å². The van der Waals surface area contributed by atoms with Crippen molar-refractivity contribution in [1.29, 1.82) is 0 Å². The van der Waals surface area contributed by atoms with Crippen LogP contribution in [0.3, 0.4) is 0 Å². The van der Waals surface area contributed by atoms with E-state index in [1.165, 1.54) is 0 Å². The summed E-state index contributed by atoms with van der Waals surface area (Å²) in [5.74, 6) is 0.853. The zero-order valence-corrected chi connectivity index (χ0v) is 16.8. The molecule has 0 aliphatic rings. The fraction of sp³-hybridized carbons (Fsp3) is 0.304. The number of carbonyl (C=O) groups is 1. The fourth-order valence-electron chi connectivity index (χ4n) is 3.06. The lowest BCUT2D eigenvalue weighted by molar-refractivity contribution is 0.0740. The number of ether oxygens (including phenoxy) is 1. The van der Waals surface area contributed by atoms with Gasteiger partial charge in [-0.2, -0.15) is 5.10 Å². The maximum Gasteiger partial charge on any atom is 0.253 e. The van der Waals surface area contributed by atoms with Crippen LogP contribution in [0.5, 0.6) is 5.75 Å². The van der Waals surface area contributed by atoms with Gasteiger partial charge in [0.15, 0.2) is 0 Å². The predicted octanol–water partition coefficient (Wildman–Crippen LogP) is 4.42. The van der Waals surface area contributed by atoms with E-state index in [-0.39, 0.29) is 5.91 Å². The number of benzene rings is 2. The molecule has 146 valence electrons. The van der Waals surface area contributed by atoms with Crippen LogP contribution in [0.25, 0.3) is 11.1 Å². The smallest absolute Gasteiger partial charge is 0.253 e. The maximum absolute atomic E-state index is 12.8. The molecule has 0 aliphatic carbocycles. The second kappa shape index (κ2) is 9.22. The van der Waals surface area contributed by atoms with Crippen LogP contribution in [-0.2, 0) is 6.54 Å². The third-order valence-corrected chi connectivity index (χ3v) is 4.71. The Labute approximate surface area is 166 Å². The van der Waals surface area contributed by atoms with Crippen molar-refractivity contribution in [1.82, 2.24) is 14.7 Å². The largest absolute Gasteiger partial charge is 0.492 e. The van der Waals surface area contributed by atoms with E-state index in [4.69, 9.17) is 4.74 Å². The second-order valence-corrected chi connectivity index (χ2v) is 6.71. The Balaban J connectivity index is 1.60. The molecular weight excluding hydrogens is 350 g/mol. The number of aromatic nitrogens is 2. The van der Waals surface area contributed by atoms with Gasteiger partial charge in [-0.15, -0.1) is 0 Å². The molecule has 3 rings (SSSR count). The van der Waals surface area contributed by atoms with Gasteiger partial charge < -0.3 is 9.64 Å². The molecule has 0 unspecified atom stereocenters. The molecule has 2 aromatic carbocycles. The number of carbonyl (C=O) groups excluding carboxylic acids is 1. The van der Waals surface area contributed by atoms with Crippen LogP contribution >= 0.6 is 0 Å². The Hall–Kier alpha value is -3.08. The summed E-state index contributed by atoms with van der Waals surface area (Å²) in [5, 5.41) is 4.30. The molecule has 28 heavy (non-hydrogen) atoms.